The average molecular weight is 385 g/mol. The van der Waals surface area contributed by atoms with Crippen molar-refractivity contribution in [2.24, 2.45) is 5.92 Å². The van der Waals surface area contributed by atoms with Crippen LogP contribution in [-0.4, -0.2) is 42.1 Å². The van der Waals surface area contributed by atoms with Gasteiger partial charge in [-0.1, -0.05) is 43.6 Å². The van der Waals surface area contributed by atoms with Crippen molar-refractivity contribution in [2.45, 2.75) is 51.7 Å². The number of nitrogens with one attached hydrogen (secondary N) is 2. The molecule has 1 unspecified atom stereocenters. The molecule has 0 radical (unpaired) electrons. The monoisotopic (exact) mass is 384 g/mol. The summed E-state index contributed by atoms with van der Waals surface area (Å²) in [5.74, 6) is -0.192. The number of carbonyl (C=O) groups excluding carboxylic acids is 2. The first-order valence-electron chi connectivity index (χ1n) is 8.63. The lowest BCUT2D eigenvalue weighted by atomic mass is 10.0. The number of carbonyl (C=O) groups is 2. The third-order valence-corrected chi connectivity index (χ3v) is 4.39. The summed E-state index contributed by atoms with van der Waals surface area (Å²) in [6.45, 7) is 4.29. The Hall–Kier alpha value is -1.83. The second-order valence-electron chi connectivity index (χ2n) is 6.66. The standard InChI is InChI=1S/C18H25ClN2O5/c1-11(2)9-15(16(22)20-14-7-8-25-17(14)23)21-18(24)26-10-12-5-3-4-6-13(12)19/h3-6,11,14-15,17,23H,7-10H2,1-2H3,(H,20,22)(H,21,24)/t14-,15-,17?/m0/s1. The highest BCUT2D eigenvalue weighted by molar-refractivity contribution is 6.31. The molecule has 1 fully saturated rings. The number of hydrogen-bond donors (Lipinski definition) is 3. The van der Waals surface area contributed by atoms with Gasteiger partial charge < -0.3 is 25.2 Å². The van der Waals surface area contributed by atoms with Gasteiger partial charge in [0, 0.05) is 10.6 Å². The summed E-state index contributed by atoms with van der Waals surface area (Å²) in [7, 11) is 0. The van der Waals surface area contributed by atoms with Crippen LogP contribution in [0.5, 0.6) is 0 Å². The fraction of sp³-hybridized carbons (Fsp3) is 0.556. The van der Waals surface area contributed by atoms with Gasteiger partial charge in [0.2, 0.25) is 5.91 Å². The van der Waals surface area contributed by atoms with E-state index in [1.807, 2.05) is 13.8 Å². The highest BCUT2D eigenvalue weighted by atomic mass is 35.5. The molecule has 1 heterocycles. The van der Waals surface area contributed by atoms with Crippen LogP contribution in [0.2, 0.25) is 5.02 Å². The number of aliphatic hydroxyl groups is 1. The van der Waals surface area contributed by atoms with Gasteiger partial charge in [-0.3, -0.25) is 4.79 Å². The molecule has 7 nitrogen and oxygen atoms in total. The summed E-state index contributed by atoms with van der Waals surface area (Å²) in [5.41, 5.74) is 0.681. The topological polar surface area (TPSA) is 96.9 Å². The molecule has 3 atom stereocenters. The predicted octanol–water partition coefficient (Wildman–Crippen LogP) is 2.20. The van der Waals surface area contributed by atoms with E-state index in [0.717, 1.165) is 0 Å². The molecule has 1 aromatic rings. The zero-order chi connectivity index (χ0) is 19.1. The van der Waals surface area contributed by atoms with Crippen LogP contribution in [0.25, 0.3) is 0 Å². The minimum atomic E-state index is -1.02. The van der Waals surface area contributed by atoms with Gasteiger partial charge in [0.1, 0.15) is 12.6 Å². The summed E-state index contributed by atoms with van der Waals surface area (Å²) in [6, 6.07) is 5.82. The first-order valence-corrected chi connectivity index (χ1v) is 9.01. The van der Waals surface area contributed by atoms with Crippen molar-refractivity contribution in [2.75, 3.05) is 6.61 Å². The summed E-state index contributed by atoms with van der Waals surface area (Å²) in [6.07, 6.45) is -0.755. The van der Waals surface area contributed by atoms with Crippen LogP contribution < -0.4 is 10.6 Å². The molecule has 1 aliphatic rings. The summed E-state index contributed by atoms with van der Waals surface area (Å²) in [5, 5.41) is 15.5. The van der Waals surface area contributed by atoms with Crippen LogP contribution >= 0.6 is 11.6 Å². The third kappa shape index (κ3) is 6.16. The summed E-state index contributed by atoms with van der Waals surface area (Å²) in [4.78, 5) is 24.6. The molecule has 26 heavy (non-hydrogen) atoms. The van der Waals surface area contributed by atoms with Gasteiger partial charge >= 0.3 is 6.09 Å². The highest BCUT2D eigenvalue weighted by Crippen LogP contribution is 2.16. The zero-order valence-electron chi connectivity index (χ0n) is 14.9. The van der Waals surface area contributed by atoms with Crippen molar-refractivity contribution in [1.29, 1.82) is 0 Å². The van der Waals surface area contributed by atoms with E-state index in [2.05, 4.69) is 10.6 Å². The fourth-order valence-electron chi connectivity index (χ4n) is 2.65. The van der Waals surface area contributed by atoms with E-state index in [9.17, 15) is 14.7 Å². The van der Waals surface area contributed by atoms with Crippen molar-refractivity contribution in [3.05, 3.63) is 34.9 Å². The molecule has 0 aromatic heterocycles. The van der Waals surface area contributed by atoms with E-state index in [0.29, 0.717) is 30.0 Å². The number of benzene rings is 1. The van der Waals surface area contributed by atoms with Crippen LogP contribution in [-0.2, 0) is 20.9 Å². The van der Waals surface area contributed by atoms with Crippen molar-refractivity contribution < 1.29 is 24.2 Å². The molecule has 0 bridgehead atoms. The number of halogens is 1. The number of amides is 2. The Morgan fingerprint density at radius 3 is 2.73 bits per heavy atom. The molecule has 1 aliphatic heterocycles. The lowest BCUT2D eigenvalue weighted by molar-refractivity contribution is -0.127. The SMILES string of the molecule is CC(C)C[C@H](NC(=O)OCc1ccccc1Cl)C(=O)N[C@H]1CCOC1O. The Bertz CT molecular complexity index is 625. The van der Waals surface area contributed by atoms with E-state index in [4.69, 9.17) is 21.1 Å². The van der Waals surface area contributed by atoms with E-state index < -0.39 is 24.5 Å². The number of alkyl carbamates (subject to hydrolysis) is 1. The number of hydrogen-bond acceptors (Lipinski definition) is 5. The van der Waals surface area contributed by atoms with Gasteiger partial charge in [-0.25, -0.2) is 4.79 Å². The lowest BCUT2D eigenvalue weighted by Crippen LogP contribution is -2.51. The summed E-state index contributed by atoms with van der Waals surface area (Å²) >= 11 is 6.03. The summed E-state index contributed by atoms with van der Waals surface area (Å²) < 4.78 is 10.2. The Labute approximate surface area is 158 Å². The van der Waals surface area contributed by atoms with E-state index in [1.165, 1.54) is 0 Å². The average Bonchev–Trinajstić information content (AvgIpc) is 2.98. The van der Waals surface area contributed by atoms with Crippen molar-refractivity contribution in [1.82, 2.24) is 10.6 Å². The van der Waals surface area contributed by atoms with Crippen LogP contribution in [0.4, 0.5) is 4.79 Å². The second kappa shape index (κ2) is 9.75. The minimum Gasteiger partial charge on any atom is -0.445 e. The van der Waals surface area contributed by atoms with Gasteiger partial charge in [-0.2, -0.15) is 0 Å². The fourth-order valence-corrected chi connectivity index (χ4v) is 2.84. The van der Waals surface area contributed by atoms with Gasteiger partial charge in [0.05, 0.1) is 12.6 Å². The van der Waals surface area contributed by atoms with E-state index in [1.54, 1.807) is 24.3 Å². The number of aliphatic hydroxyl groups excluding tert-OH is 1. The maximum atomic E-state index is 12.5. The Morgan fingerprint density at radius 2 is 2.12 bits per heavy atom. The Balaban J connectivity index is 1.90. The van der Waals surface area contributed by atoms with Crippen LogP contribution in [0.15, 0.2) is 24.3 Å². The highest BCUT2D eigenvalue weighted by Gasteiger charge is 2.31. The minimum absolute atomic E-state index is 0.0106. The Kier molecular flexibility index (Phi) is 7.68. The molecule has 0 aliphatic carbocycles. The maximum Gasteiger partial charge on any atom is 0.408 e. The molecule has 1 aromatic carbocycles. The molecule has 2 rings (SSSR count). The first kappa shape index (κ1) is 20.5. The van der Waals surface area contributed by atoms with Gasteiger partial charge in [-0.05, 0) is 24.8 Å². The van der Waals surface area contributed by atoms with E-state index in [-0.39, 0.29) is 18.4 Å². The molecule has 0 spiro atoms. The van der Waals surface area contributed by atoms with Gasteiger partial charge in [0.25, 0.3) is 0 Å². The molecular weight excluding hydrogens is 360 g/mol. The van der Waals surface area contributed by atoms with Crippen molar-refractivity contribution in [3.8, 4) is 0 Å². The lowest BCUT2D eigenvalue weighted by Gasteiger charge is -2.23. The third-order valence-electron chi connectivity index (χ3n) is 4.02. The molecular formula is C18H25ClN2O5. The zero-order valence-corrected chi connectivity index (χ0v) is 15.7. The number of ether oxygens (including phenoxy) is 2. The van der Waals surface area contributed by atoms with Crippen LogP contribution in [0, 0.1) is 5.92 Å². The van der Waals surface area contributed by atoms with Crippen LogP contribution in [0.1, 0.15) is 32.3 Å². The smallest absolute Gasteiger partial charge is 0.408 e. The molecule has 8 heteroatoms. The first-order chi connectivity index (χ1) is 12.4. The normalized spacial score (nSPS) is 20.7. The van der Waals surface area contributed by atoms with Crippen molar-refractivity contribution in [3.63, 3.8) is 0 Å². The van der Waals surface area contributed by atoms with E-state index >= 15 is 0 Å². The maximum absolute atomic E-state index is 12.5. The van der Waals surface area contributed by atoms with Gasteiger partial charge in [-0.15, -0.1) is 0 Å². The molecule has 144 valence electrons. The van der Waals surface area contributed by atoms with Gasteiger partial charge in [0.15, 0.2) is 6.29 Å². The van der Waals surface area contributed by atoms with Crippen LogP contribution in [0.3, 0.4) is 0 Å². The molecule has 3 N–H and O–H groups in total. The van der Waals surface area contributed by atoms with Crippen molar-refractivity contribution >= 4 is 23.6 Å². The predicted molar refractivity (Wildman–Crippen MR) is 96.5 cm³/mol. The largest absolute Gasteiger partial charge is 0.445 e. The molecule has 2 amide bonds. The number of rotatable bonds is 7. The second-order valence-corrected chi connectivity index (χ2v) is 7.07. The molecule has 0 saturated carbocycles. The Morgan fingerprint density at radius 1 is 1.38 bits per heavy atom. The quantitative estimate of drug-likeness (QED) is 0.669. The molecule has 1 saturated heterocycles.